The van der Waals surface area contributed by atoms with Gasteiger partial charge in [-0.15, -0.1) is 11.6 Å². The summed E-state index contributed by atoms with van der Waals surface area (Å²) in [6, 6.07) is 5.13. The quantitative estimate of drug-likeness (QED) is 0.878. The van der Waals surface area contributed by atoms with Crippen LogP contribution in [-0.2, 0) is 10.7 Å². The molecule has 0 saturated heterocycles. The fourth-order valence-corrected chi connectivity index (χ4v) is 2.53. The van der Waals surface area contributed by atoms with Gasteiger partial charge in [0.15, 0.2) is 0 Å². The molecule has 0 spiro atoms. The largest absolute Gasteiger partial charge is 0.352 e. The van der Waals surface area contributed by atoms with Gasteiger partial charge in [0.1, 0.15) is 11.9 Å². The second-order valence-electron chi connectivity index (χ2n) is 5.00. The van der Waals surface area contributed by atoms with Crippen LogP contribution in [0.1, 0.15) is 32.6 Å². The lowest BCUT2D eigenvalue weighted by atomic mass is 10.2. The van der Waals surface area contributed by atoms with Crippen LogP contribution in [-0.4, -0.2) is 21.5 Å². The average molecular weight is 314 g/mol. The normalized spacial score (nSPS) is 12.9. The first kappa shape index (κ1) is 15.1. The Bertz CT molecular complexity index is 637. The Hall–Kier alpha value is -1.26. The number of rotatable bonds is 4. The van der Waals surface area contributed by atoms with Crippen molar-refractivity contribution in [3.05, 3.63) is 29.0 Å². The van der Waals surface area contributed by atoms with Crippen LogP contribution >= 0.6 is 23.2 Å². The molecular formula is C14H17Cl2N3O. The predicted molar refractivity (Wildman–Crippen MR) is 82.3 cm³/mol. The molecule has 0 bridgehead atoms. The molecule has 1 unspecified atom stereocenters. The van der Waals surface area contributed by atoms with Crippen LogP contribution in [0.2, 0.25) is 5.02 Å². The number of fused-ring (bicyclic) bond motifs is 1. The maximum Gasteiger partial charge on any atom is 0.243 e. The van der Waals surface area contributed by atoms with E-state index in [0.717, 1.165) is 11.0 Å². The van der Waals surface area contributed by atoms with Crippen molar-refractivity contribution >= 4 is 40.1 Å². The van der Waals surface area contributed by atoms with Gasteiger partial charge in [-0.05, 0) is 39.0 Å². The molecule has 0 saturated carbocycles. The Balaban J connectivity index is 2.49. The number of benzene rings is 1. The summed E-state index contributed by atoms with van der Waals surface area (Å²) >= 11 is 11.9. The SMILES string of the molecule is CC(C)NC(=O)C(C)n1c(CCl)nc2cc(Cl)ccc21. The summed E-state index contributed by atoms with van der Waals surface area (Å²) in [5.74, 6) is 0.849. The van der Waals surface area contributed by atoms with Crippen molar-refractivity contribution in [3.8, 4) is 0 Å². The molecule has 1 aromatic carbocycles. The summed E-state index contributed by atoms with van der Waals surface area (Å²) in [5.41, 5.74) is 1.61. The highest BCUT2D eigenvalue weighted by atomic mass is 35.5. The number of amides is 1. The molecule has 1 amide bonds. The summed E-state index contributed by atoms with van der Waals surface area (Å²) in [6.45, 7) is 5.70. The fraction of sp³-hybridized carbons (Fsp3) is 0.429. The zero-order chi connectivity index (χ0) is 14.9. The lowest BCUT2D eigenvalue weighted by Crippen LogP contribution is -2.36. The minimum absolute atomic E-state index is 0.0550. The molecule has 1 N–H and O–H groups in total. The number of aromatic nitrogens is 2. The zero-order valence-corrected chi connectivity index (χ0v) is 13.2. The van der Waals surface area contributed by atoms with Crippen molar-refractivity contribution in [3.63, 3.8) is 0 Å². The third-order valence-corrected chi connectivity index (χ3v) is 3.52. The Kier molecular flexibility index (Phi) is 4.55. The predicted octanol–water partition coefficient (Wildman–Crippen LogP) is 3.51. The fourth-order valence-electron chi connectivity index (χ4n) is 2.17. The second kappa shape index (κ2) is 6.02. The Morgan fingerprint density at radius 3 is 2.70 bits per heavy atom. The van der Waals surface area contributed by atoms with Gasteiger partial charge in [-0.25, -0.2) is 4.98 Å². The standard InChI is InChI=1S/C14H17Cl2N3O/c1-8(2)17-14(20)9(3)19-12-5-4-10(16)6-11(12)18-13(19)7-15/h4-6,8-9H,7H2,1-3H3,(H,17,20). The maximum absolute atomic E-state index is 12.2. The molecule has 0 aliphatic carbocycles. The molecule has 1 heterocycles. The highest BCUT2D eigenvalue weighted by Gasteiger charge is 2.21. The molecule has 108 valence electrons. The van der Waals surface area contributed by atoms with Crippen LogP contribution in [0.15, 0.2) is 18.2 Å². The van der Waals surface area contributed by atoms with E-state index < -0.39 is 0 Å². The Morgan fingerprint density at radius 1 is 1.40 bits per heavy atom. The van der Waals surface area contributed by atoms with E-state index in [4.69, 9.17) is 23.2 Å². The van der Waals surface area contributed by atoms with Crippen LogP contribution in [0.4, 0.5) is 0 Å². The molecule has 1 atom stereocenters. The summed E-state index contributed by atoms with van der Waals surface area (Å²) in [7, 11) is 0. The van der Waals surface area contributed by atoms with Gasteiger partial charge in [-0.2, -0.15) is 0 Å². The molecular weight excluding hydrogens is 297 g/mol. The van der Waals surface area contributed by atoms with Crippen molar-refractivity contribution in [1.29, 1.82) is 0 Å². The van der Waals surface area contributed by atoms with Crippen LogP contribution in [0, 0.1) is 0 Å². The lowest BCUT2D eigenvalue weighted by Gasteiger charge is -2.18. The van der Waals surface area contributed by atoms with E-state index in [1.807, 2.05) is 31.4 Å². The minimum Gasteiger partial charge on any atom is -0.352 e. The van der Waals surface area contributed by atoms with Crippen molar-refractivity contribution in [2.45, 2.75) is 38.7 Å². The van der Waals surface area contributed by atoms with Gasteiger partial charge in [0.05, 0.1) is 16.9 Å². The molecule has 0 fully saturated rings. The van der Waals surface area contributed by atoms with Gasteiger partial charge >= 0.3 is 0 Å². The number of hydrogen-bond donors (Lipinski definition) is 1. The van der Waals surface area contributed by atoms with Crippen molar-refractivity contribution in [1.82, 2.24) is 14.9 Å². The summed E-state index contributed by atoms with van der Waals surface area (Å²) in [5, 5.41) is 3.51. The van der Waals surface area contributed by atoms with Gasteiger partial charge in [0.25, 0.3) is 0 Å². The third kappa shape index (κ3) is 2.91. The molecule has 2 rings (SSSR count). The highest BCUT2D eigenvalue weighted by molar-refractivity contribution is 6.31. The molecule has 0 aliphatic heterocycles. The average Bonchev–Trinajstić information content (AvgIpc) is 2.74. The summed E-state index contributed by atoms with van der Waals surface area (Å²) < 4.78 is 1.86. The number of halogens is 2. The molecule has 0 radical (unpaired) electrons. The van der Waals surface area contributed by atoms with Gasteiger partial charge in [0.2, 0.25) is 5.91 Å². The molecule has 20 heavy (non-hydrogen) atoms. The molecule has 2 aromatic rings. The topological polar surface area (TPSA) is 46.9 Å². The van der Waals surface area contributed by atoms with Crippen molar-refractivity contribution in [2.75, 3.05) is 0 Å². The van der Waals surface area contributed by atoms with Crippen molar-refractivity contribution in [2.24, 2.45) is 0 Å². The van der Waals surface area contributed by atoms with E-state index in [9.17, 15) is 4.79 Å². The van der Waals surface area contributed by atoms with E-state index in [2.05, 4.69) is 10.3 Å². The number of nitrogens with zero attached hydrogens (tertiary/aromatic N) is 2. The van der Waals surface area contributed by atoms with Crippen LogP contribution < -0.4 is 5.32 Å². The zero-order valence-electron chi connectivity index (χ0n) is 11.7. The second-order valence-corrected chi connectivity index (χ2v) is 5.71. The Labute approximate surface area is 128 Å². The number of imidazole rings is 1. The van der Waals surface area contributed by atoms with Crippen molar-refractivity contribution < 1.29 is 4.79 Å². The van der Waals surface area contributed by atoms with Gasteiger partial charge in [-0.1, -0.05) is 11.6 Å². The van der Waals surface area contributed by atoms with E-state index in [0.29, 0.717) is 10.8 Å². The smallest absolute Gasteiger partial charge is 0.243 e. The van der Waals surface area contributed by atoms with Crippen LogP contribution in [0.25, 0.3) is 11.0 Å². The molecule has 0 aliphatic rings. The van der Waals surface area contributed by atoms with Gasteiger partial charge in [0, 0.05) is 11.1 Å². The first-order valence-electron chi connectivity index (χ1n) is 6.46. The number of carbonyl (C=O) groups is 1. The Morgan fingerprint density at radius 2 is 2.10 bits per heavy atom. The lowest BCUT2D eigenvalue weighted by molar-refractivity contribution is -0.124. The first-order chi connectivity index (χ1) is 9.43. The highest BCUT2D eigenvalue weighted by Crippen LogP contribution is 2.25. The van der Waals surface area contributed by atoms with E-state index in [1.54, 1.807) is 12.1 Å². The van der Waals surface area contributed by atoms with Crippen LogP contribution in [0.5, 0.6) is 0 Å². The molecule has 4 nitrogen and oxygen atoms in total. The van der Waals surface area contributed by atoms with E-state index in [-0.39, 0.29) is 23.9 Å². The first-order valence-corrected chi connectivity index (χ1v) is 7.38. The number of alkyl halides is 1. The van der Waals surface area contributed by atoms with Crippen LogP contribution in [0.3, 0.4) is 0 Å². The van der Waals surface area contributed by atoms with Gasteiger partial charge in [-0.3, -0.25) is 4.79 Å². The van der Waals surface area contributed by atoms with E-state index in [1.165, 1.54) is 0 Å². The molecule has 1 aromatic heterocycles. The monoisotopic (exact) mass is 313 g/mol. The van der Waals surface area contributed by atoms with Gasteiger partial charge < -0.3 is 9.88 Å². The third-order valence-electron chi connectivity index (χ3n) is 3.04. The summed E-state index contributed by atoms with van der Waals surface area (Å²) in [6.07, 6.45) is 0. The maximum atomic E-state index is 12.2. The minimum atomic E-state index is -0.377. The van der Waals surface area contributed by atoms with E-state index >= 15 is 0 Å². The summed E-state index contributed by atoms with van der Waals surface area (Å²) in [4.78, 5) is 16.6. The molecule has 6 heteroatoms. The number of nitrogens with one attached hydrogen (secondary N) is 1. The number of hydrogen-bond acceptors (Lipinski definition) is 2. The number of carbonyl (C=O) groups excluding carboxylic acids is 1.